The van der Waals surface area contributed by atoms with Crippen LogP contribution in [0.5, 0.6) is 0 Å². The van der Waals surface area contributed by atoms with Crippen molar-refractivity contribution in [3.05, 3.63) is 21.3 Å². The maximum Gasteiger partial charge on any atom is 0.308 e. The van der Waals surface area contributed by atoms with E-state index in [4.69, 9.17) is 16.3 Å². The molecule has 0 spiro atoms. The van der Waals surface area contributed by atoms with E-state index in [-0.39, 0.29) is 48.5 Å². The van der Waals surface area contributed by atoms with E-state index < -0.39 is 6.10 Å². The number of aliphatic hydroxyl groups excluding tert-OH is 1. The van der Waals surface area contributed by atoms with Gasteiger partial charge in [-0.1, -0.05) is 11.6 Å². The Hall–Kier alpha value is -0.580. The largest absolute Gasteiger partial charge is 0.466 e. The molecule has 0 radical (unpaired) electrons. The molecule has 0 aliphatic heterocycles. The lowest BCUT2D eigenvalue weighted by atomic mass is 9.86. The van der Waals surface area contributed by atoms with Crippen molar-refractivity contribution < 1.29 is 14.6 Å². The number of nitrogens with one attached hydrogen (secondary N) is 2. The number of esters is 1. The number of ether oxygens (including phenoxy) is 1. The van der Waals surface area contributed by atoms with Gasteiger partial charge in [0.2, 0.25) is 0 Å². The van der Waals surface area contributed by atoms with Crippen LogP contribution in [0.15, 0.2) is 17.1 Å². The van der Waals surface area contributed by atoms with Crippen LogP contribution in [0, 0.1) is 5.92 Å². The van der Waals surface area contributed by atoms with Gasteiger partial charge in [0, 0.05) is 17.5 Å². The van der Waals surface area contributed by atoms with Gasteiger partial charge in [-0.15, -0.1) is 35.3 Å². The van der Waals surface area contributed by atoms with Crippen LogP contribution in [0.1, 0.15) is 50.5 Å². The molecule has 27 heavy (non-hydrogen) atoms. The Bertz CT molecular complexity index is 606. The van der Waals surface area contributed by atoms with Gasteiger partial charge in [-0.05, 0) is 51.7 Å². The predicted octanol–water partition coefficient (Wildman–Crippen LogP) is 3.73. The molecule has 0 amide bonds. The number of hydrogen-bond acceptors (Lipinski definition) is 5. The highest BCUT2D eigenvalue weighted by Crippen LogP contribution is 2.27. The van der Waals surface area contributed by atoms with E-state index in [1.807, 2.05) is 19.9 Å². The SMILES string of the molecule is CCNC(=NCC(O)c1ccc(Cl)s1)NC1CCC(C(=O)OCC)CC1.I. The van der Waals surface area contributed by atoms with Gasteiger partial charge in [0.05, 0.1) is 23.4 Å². The maximum absolute atomic E-state index is 11.8. The highest BCUT2D eigenvalue weighted by molar-refractivity contribution is 14.0. The lowest BCUT2D eigenvalue weighted by molar-refractivity contribution is -0.149. The number of aliphatic imine (C=N–C) groups is 1. The summed E-state index contributed by atoms with van der Waals surface area (Å²) in [5.41, 5.74) is 0. The van der Waals surface area contributed by atoms with Crippen LogP contribution >= 0.6 is 46.9 Å². The number of carbonyl (C=O) groups is 1. The Morgan fingerprint density at radius 1 is 1.37 bits per heavy atom. The number of nitrogens with zero attached hydrogens (tertiary/aromatic N) is 1. The average Bonchev–Trinajstić information content (AvgIpc) is 3.07. The first-order chi connectivity index (χ1) is 12.5. The molecule has 1 aliphatic carbocycles. The molecule has 1 aliphatic rings. The number of halogens is 2. The molecule has 1 heterocycles. The quantitative estimate of drug-likeness (QED) is 0.217. The minimum atomic E-state index is -0.664. The summed E-state index contributed by atoms with van der Waals surface area (Å²) in [5, 5.41) is 16.9. The molecule has 1 aromatic rings. The number of hydrogen-bond donors (Lipinski definition) is 3. The standard InChI is InChI=1S/C18H28ClN3O3S.HI/c1-3-20-18(21-11-14(23)15-9-10-16(19)26-15)22-13-7-5-12(6-8-13)17(24)25-4-2;/h9-10,12-14,23H,3-8,11H2,1-2H3,(H2,20,21,22);1H. The predicted molar refractivity (Wildman–Crippen MR) is 121 cm³/mol. The van der Waals surface area contributed by atoms with E-state index in [1.54, 1.807) is 6.07 Å². The first kappa shape index (κ1) is 24.5. The number of rotatable bonds is 7. The molecule has 6 nitrogen and oxygen atoms in total. The molecule has 3 N–H and O–H groups in total. The van der Waals surface area contributed by atoms with E-state index in [1.165, 1.54) is 11.3 Å². The smallest absolute Gasteiger partial charge is 0.308 e. The maximum atomic E-state index is 11.8. The Morgan fingerprint density at radius 2 is 2.07 bits per heavy atom. The second kappa shape index (κ2) is 12.8. The van der Waals surface area contributed by atoms with Crippen molar-refractivity contribution in [1.29, 1.82) is 0 Å². The summed E-state index contributed by atoms with van der Waals surface area (Å²) in [6, 6.07) is 3.87. The van der Waals surface area contributed by atoms with Crippen molar-refractivity contribution in [2.45, 2.75) is 51.7 Å². The van der Waals surface area contributed by atoms with Gasteiger partial charge in [-0.3, -0.25) is 9.79 Å². The third kappa shape index (κ3) is 8.13. The molecule has 0 bridgehead atoms. The highest BCUT2D eigenvalue weighted by atomic mass is 127. The Balaban J connectivity index is 0.00000364. The topological polar surface area (TPSA) is 83.0 Å². The molecule has 1 unspecified atom stereocenters. The molecular formula is C18H29ClIN3O3S. The minimum absolute atomic E-state index is 0. The number of carbonyl (C=O) groups excluding carboxylic acids is 1. The summed E-state index contributed by atoms with van der Waals surface area (Å²) in [7, 11) is 0. The van der Waals surface area contributed by atoms with Gasteiger partial charge in [0.15, 0.2) is 5.96 Å². The molecule has 154 valence electrons. The van der Waals surface area contributed by atoms with E-state index in [2.05, 4.69) is 15.6 Å². The van der Waals surface area contributed by atoms with Crippen molar-refractivity contribution in [3.63, 3.8) is 0 Å². The third-order valence-corrected chi connectivity index (χ3v) is 5.71. The lowest BCUT2D eigenvalue weighted by Crippen LogP contribution is -2.45. The van der Waals surface area contributed by atoms with Gasteiger partial charge in [-0.25, -0.2) is 0 Å². The van der Waals surface area contributed by atoms with Crippen molar-refractivity contribution in [2.75, 3.05) is 19.7 Å². The van der Waals surface area contributed by atoms with E-state index in [0.717, 1.165) is 37.1 Å². The number of aliphatic hydroxyl groups is 1. The summed E-state index contributed by atoms with van der Waals surface area (Å²) in [4.78, 5) is 17.1. The van der Waals surface area contributed by atoms with Crippen LogP contribution in [0.25, 0.3) is 0 Å². The van der Waals surface area contributed by atoms with Crippen LogP contribution in [-0.2, 0) is 9.53 Å². The number of guanidine groups is 1. The van der Waals surface area contributed by atoms with Crippen LogP contribution in [-0.4, -0.2) is 42.8 Å². The summed E-state index contributed by atoms with van der Waals surface area (Å²) < 4.78 is 5.77. The van der Waals surface area contributed by atoms with E-state index in [9.17, 15) is 9.90 Å². The zero-order valence-corrected chi connectivity index (χ0v) is 19.6. The second-order valence-corrected chi connectivity index (χ2v) is 8.07. The van der Waals surface area contributed by atoms with E-state index in [0.29, 0.717) is 16.9 Å². The van der Waals surface area contributed by atoms with Crippen molar-refractivity contribution in [3.8, 4) is 0 Å². The molecule has 1 saturated carbocycles. The molecule has 0 aromatic carbocycles. The minimum Gasteiger partial charge on any atom is -0.466 e. The first-order valence-electron chi connectivity index (χ1n) is 9.18. The monoisotopic (exact) mass is 529 g/mol. The normalized spacial score (nSPS) is 21.1. The summed E-state index contributed by atoms with van der Waals surface area (Å²) in [6.07, 6.45) is 2.79. The fourth-order valence-corrected chi connectivity index (χ4v) is 4.06. The average molecular weight is 530 g/mol. The van der Waals surface area contributed by atoms with Crippen LogP contribution < -0.4 is 10.6 Å². The van der Waals surface area contributed by atoms with Gasteiger partial charge in [-0.2, -0.15) is 0 Å². The second-order valence-electron chi connectivity index (χ2n) is 6.32. The molecule has 1 atom stereocenters. The van der Waals surface area contributed by atoms with Crippen LogP contribution in [0.2, 0.25) is 4.34 Å². The van der Waals surface area contributed by atoms with Crippen molar-refractivity contribution >= 4 is 58.8 Å². The molecule has 1 aromatic heterocycles. The molecular weight excluding hydrogens is 501 g/mol. The zero-order chi connectivity index (χ0) is 18.9. The number of thiophene rings is 1. The van der Waals surface area contributed by atoms with Gasteiger partial charge in [0.25, 0.3) is 0 Å². The van der Waals surface area contributed by atoms with Crippen molar-refractivity contribution in [1.82, 2.24) is 10.6 Å². The van der Waals surface area contributed by atoms with Crippen LogP contribution in [0.3, 0.4) is 0 Å². The summed E-state index contributed by atoms with van der Waals surface area (Å²) in [5.74, 6) is 0.621. The third-order valence-electron chi connectivity index (χ3n) is 4.38. The Kier molecular flexibility index (Phi) is 11.6. The summed E-state index contributed by atoms with van der Waals surface area (Å²) in [6.45, 7) is 5.29. The van der Waals surface area contributed by atoms with Crippen LogP contribution in [0.4, 0.5) is 0 Å². The Labute approximate surface area is 187 Å². The molecule has 2 rings (SSSR count). The summed E-state index contributed by atoms with van der Waals surface area (Å²) >= 11 is 7.28. The van der Waals surface area contributed by atoms with E-state index >= 15 is 0 Å². The fourth-order valence-electron chi connectivity index (χ4n) is 3.02. The Morgan fingerprint density at radius 3 is 2.63 bits per heavy atom. The zero-order valence-electron chi connectivity index (χ0n) is 15.7. The molecule has 9 heteroatoms. The van der Waals surface area contributed by atoms with Gasteiger partial charge < -0.3 is 20.5 Å². The van der Waals surface area contributed by atoms with Gasteiger partial charge in [0.1, 0.15) is 6.10 Å². The first-order valence-corrected chi connectivity index (χ1v) is 10.4. The highest BCUT2D eigenvalue weighted by Gasteiger charge is 2.27. The lowest BCUT2D eigenvalue weighted by Gasteiger charge is -2.29. The van der Waals surface area contributed by atoms with Gasteiger partial charge >= 0.3 is 5.97 Å². The van der Waals surface area contributed by atoms with Crippen molar-refractivity contribution in [2.24, 2.45) is 10.9 Å². The fraction of sp³-hybridized carbons (Fsp3) is 0.667. The molecule has 0 saturated heterocycles. The molecule has 1 fully saturated rings.